The molecule has 0 bridgehead atoms. The Morgan fingerprint density at radius 3 is 2.24 bits per heavy atom. The lowest BCUT2D eigenvalue weighted by atomic mass is 10.2. The maximum absolute atomic E-state index is 12.1. The van der Waals surface area contributed by atoms with Gasteiger partial charge in [0.1, 0.15) is 0 Å². The van der Waals surface area contributed by atoms with Gasteiger partial charge in [0.05, 0.1) is 0 Å². The van der Waals surface area contributed by atoms with E-state index >= 15 is 0 Å². The van der Waals surface area contributed by atoms with Crippen molar-refractivity contribution in [1.29, 1.82) is 0 Å². The first-order chi connectivity index (χ1) is 9.97. The van der Waals surface area contributed by atoms with Crippen LogP contribution in [0.3, 0.4) is 0 Å². The second-order valence-electron chi connectivity index (χ2n) is 5.14. The summed E-state index contributed by atoms with van der Waals surface area (Å²) in [6, 6.07) is 4.96. The molecule has 0 spiro atoms. The zero-order valence-electron chi connectivity index (χ0n) is 11.9. The van der Waals surface area contributed by atoms with Crippen molar-refractivity contribution in [3.05, 3.63) is 28.2 Å². The standard InChI is InChI=1S/C15H18Cl2N2O2/c1-11(20)19(14-9-12(16)8-13(17)10-14)7-4-15(21)18-5-2-3-6-18/h8-10H,2-7H2,1H3. The second kappa shape index (κ2) is 7.14. The number of anilines is 1. The van der Waals surface area contributed by atoms with Crippen LogP contribution in [0.1, 0.15) is 26.2 Å². The van der Waals surface area contributed by atoms with Crippen molar-refractivity contribution >= 4 is 40.7 Å². The van der Waals surface area contributed by atoms with Crippen LogP contribution in [0.15, 0.2) is 18.2 Å². The SMILES string of the molecule is CC(=O)N(CCC(=O)N1CCCC1)c1cc(Cl)cc(Cl)c1. The quantitative estimate of drug-likeness (QED) is 0.850. The number of hydrogen-bond donors (Lipinski definition) is 0. The summed E-state index contributed by atoms with van der Waals surface area (Å²) in [4.78, 5) is 27.3. The average molecular weight is 329 g/mol. The highest BCUT2D eigenvalue weighted by Gasteiger charge is 2.20. The number of likely N-dealkylation sites (tertiary alicyclic amines) is 1. The Morgan fingerprint density at radius 2 is 1.71 bits per heavy atom. The Hall–Kier alpha value is -1.26. The summed E-state index contributed by atoms with van der Waals surface area (Å²) in [6.07, 6.45) is 2.43. The molecule has 0 atom stereocenters. The summed E-state index contributed by atoms with van der Waals surface area (Å²) < 4.78 is 0. The van der Waals surface area contributed by atoms with Crippen LogP contribution in [0.5, 0.6) is 0 Å². The number of nitrogens with zero attached hydrogens (tertiary/aromatic N) is 2. The normalized spacial score (nSPS) is 14.3. The summed E-state index contributed by atoms with van der Waals surface area (Å²) >= 11 is 11.9. The lowest BCUT2D eigenvalue weighted by Gasteiger charge is -2.23. The molecule has 1 saturated heterocycles. The van der Waals surface area contributed by atoms with Gasteiger partial charge in [-0.1, -0.05) is 23.2 Å². The number of halogens is 2. The van der Waals surface area contributed by atoms with Gasteiger partial charge in [-0.3, -0.25) is 9.59 Å². The predicted molar refractivity (Wildman–Crippen MR) is 84.9 cm³/mol. The lowest BCUT2D eigenvalue weighted by Crippen LogP contribution is -2.35. The smallest absolute Gasteiger partial charge is 0.224 e. The van der Waals surface area contributed by atoms with Crippen molar-refractivity contribution in [3.63, 3.8) is 0 Å². The molecule has 0 aliphatic carbocycles. The van der Waals surface area contributed by atoms with E-state index in [9.17, 15) is 9.59 Å². The minimum absolute atomic E-state index is 0.0897. The number of carbonyl (C=O) groups excluding carboxylic acids is 2. The molecule has 0 N–H and O–H groups in total. The van der Waals surface area contributed by atoms with Gasteiger partial charge in [-0.25, -0.2) is 0 Å². The molecule has 1 aromatic rings. The zero-order chi connectivity index (χ0) is 15.4. The minimum atomic E-state index is -0.137. The molecule has 1 heterocycles. The monoisotopic (exact) mass is 328 g/mol. The summed E-state index contributed by atoms with van der Waals surface area (Å²) in [5.41, 5.74) is 0.620. The van der Waals surface area contributed by atoms with Crippen LogP contribution in [0.4, 0.5) is 5.69 Å². The van der Waals surface area contributed by atoms with E-state index in [4.69, 9.17) is 23.2 Å². The maximum atomic E-state index is 12.1. The molecular weight excluding hydrogens is 311 g/mol. The highest BCUT2D eigenvalue weighted by Crippen LogP contribution is 2.26. The van der Waals surface area contributed by atoms with Gasteiger partial charge in [0.25, 0.3) is 0 Å². The van der Waals surface area contributed by atoms with Crippen molar-refractivity contribution < 1.29 is 9.59 Å². The molecular formula is C15H18Cl2N2O2. The molecule has 2 amide bonds. The highest BCUT2D eigenvalue weighted by atomic mass is 35.5. The minimum Gasteiger partial charge on any atom is -0.343 e. The molecule has 21 heavy (non-hydrogen) atoms. The average Bonchev–Trinajstić information content (AvgIpc) is 2.91. The van der Waals surface area contributed by atoms with Gasteiger partial charge in [-0.15, -0.1) is 0 Å². The molecule has 0 radical (unpaired) electrons. The topological polar surface area (TPSA) is 40.6 Å². The molecule has 6 heteroatoms. The Kier molecular flexibility index (Phi) is 5.48. The van der Waals surface area contributed by atoms with E-state index in [1.807, 2.05) is 4.90 Å². The molecule has 1 aliphatic rings. The van der Waals surface area contributed by atoms with E-state index in [2.05, 4.69) is 0 Å². The second-order valence-corrected chi connectivity index (χ2v) is 6.01. The van der Waals surface area contributed by atoms with Crippen molar-refractivity contribution in [2.75, 3.05) is 24.5 Å². The zero-order valence-corrected chi connectivity index (χ0v) is 13.5. The third-order valence-electron chi connectivity index (χ3n) is 3.55. The Balaban J connectivity index is 2.05. The molecule has 1 aromatic carbocycles. The van der Waals surface area contributed by atoms with E-state index < -0.39 is 0 Å². The first-order valence-corrected chi connectivity index (χ1v) is 7.75. The fourth-order valence-electron chi connectivity index (χ4n) is 2.50. The molecule has 1 fully saturated rings. The molecule has 1 aliphatic heterocycles. The summed E-state index contributed by atoms with van der Waals surface area (Å²) in [5.74, 6) is -0.0468. The molecule has 114 valence electrons. The molecule has 0 saturated carbocycles. The fourth-order valence-corrected chi connectivity index (χ4v) is 3.01. The van der Waals surface area contributed by atoms with Crippen LogP contribution in [-0.2, 0) is 9.59 Å². The van der Waals surface area contributed by atoms with E-state index in [0.29, 0.717) is 28.7 Å². The van der Waals surface area contributed by atoms with Crippen LogP contribution in [0.25, 0.3) is 0 Å². The third-order valence-corrected chi connectivity index (χ3v) is 3.98. The van der Waals surface area contributed by atoms with Gasteiger partial charge >= 0.3 is 0 Å². The molecule has 0 aromatic heterocycles. The number of carbonyl (C=O) groups is 2. The fraction of sp³-hybridized carbons (Fsp3) is 0.467. The molecule has 2 rings (SSSR count). The summed E-state index contributed by atoms with van der Waals surface area (Å²) in [5, 5.41) is 0.934. The van der Waals surface area contributed by atoms with Crippen LogP contribution in [0.2, 0.25) is 10.0 Å². The Labute approximate surface area is 134 Å². The van der Waals surface area contributed by atoms with E-state index in [0.717, 1.165) is 25.9 Å². The van der Waals surface area contributed by atoms with Crippen LogP contribution in [0, 0.1) is 0 Å². The number of amides is 2. The summed E-state index contributed by atoms with van der Waals surface area (Å²) in [7, 11) is 0. The Bertz CT molecular complexity index is 522. The first kappa shape index (κ1) is 16.1. The maximum Gasteiger partial charge on any atom is 0.224 e. The van der Waals surface area contributed by atoms with Gasteiger partial charge in [-0.05, 0) is 31.0 Å². The largest absolute Gasteiger partial charge is 0.343 e. The Morgan fingerprint density at radius 1 is 1.14 bits per heavy atom. The number of hydrogen-bond acceptors (Lipinski definition) is 2. The van der Waals surface area contributed by atoms with Gasteiger partial charge in [0.15, 0.2) is 0 Å². The van der Waals surface area contributed by atoms with Crippen molar-refractivity contribution in [1.82, 2.24) is 4.90 Å². The van der Waals surface area contributed by atoms with Crippen molar-refractivity contribution in [2.45, 2.75) is 26.2 Å². The van der Waals surface area contributed by atoms with Gasteiger partial charge < -0.3 is 9.80 Å². The van der Waals surface area contributed by atoms with E-state index in [1.165, 1.54) is 11.8 Å². The highest BCUT2D eigenvalue weighted by molar-refractivity contribution is 6.35. The third kappa shape index (κ3) is 4.35. The van der Waals surface area contributed by atoms with Crippen LogP contribution in [-0.4, -0.2) is 36.3 Å². The predicted octanol–water partition coefficient (Wildman–Crippen LogP) is 3.36. The van der Waals surface area contributed by atoms with Crippen molar-refractivity contribution in [2.24, 2.45) is 0 Å². The van der Waals surface area contributed by atoms with Gasteiger partial charge in [0.2, 0.25) is 11.8 Å². The van der Waals surface area contributed by atoms with E-state index in [1.54, 1.807) is 18.2 Å². The molecule has 0 unspecified atom stereocenters. The first-order valence-electron chi connectivity index (χ1n) is 6.99. The van der Waals surface area contributed by atoms with Crippen LogP contribution < -0.4 is 4.90 Å². The van der Waals surface area contributed by atoms with Crippen molar-refractivity contribution in [3.8, 4) is 0 Å². The van der Waals surface area contributed by atoms with Gasteiger partial charge in [-0.2, -0.15) is 0 Å². The van der Waals surface area contributed by atoms with Crippen LogP contribution >= 0.6 is 23.2 Å². The van der Waals surface area contributed by atoms with Gasteiger partial charge in [0, 0.05) is 48.7 Å². The molecule has 4 nitrogen and oxygen atoms in total. The van der Waals surface area contributed by atoms with E-state index in [-0.39, 0.29) is 11.8 Å². The summed E-state index contributed by atoms with van der Waals surface area (Å²) in [6.45, 7) is 3.44. The number of rotatable bonds is 4. The number of benzene rings is 1. The lowest BCUT2D eigenvalue weighted by molar-refractivity contribution is -0.129.